The largest absolute Gasteiger partial charge is 0.494 e. The lowest BCUT2D eigenvalue weighted by Crippen LogP contribution is -2.53. The van der Waals surface area contributed by atoms with Gasteiger partial charge in [0.05, 0.1) is 5.92 Å². The van der Waals surface area contributed by atoms with Gasteiger partial charge in [0.15, 0.2) is 0 Å². The molecule has 1 aliphatic carbocycles. The van der Waals surface area contributed by atoms with Crippen molar-refractivity contribution in [1.29, 1.82) is 0 Å². The molecule has 3 unspecified atom stereocenters. The van der Waals surface area contributed by atoms with Crippen molar-refractivity contribution < 1.29 is 19.1 Å². The van der Waals surface area contributed by atoms with Crippen molar-refractivity contribution in [1.82, 2.24) is 20.0 Å². The van der Waals surface area contributed by atoms with E-state index in [2.05, 4.69) is 17.1 Å². The second-order valence-electron chi connectivity index (χ2n) is 9.64. The predicted molar refractivity (Wildman–Crippen MR) is 125 cm³/mol. The number of carbonyl (C=O) groups excluding carboxylic acids is 3. The lowest BCUT2D eigenvalue weighted by molar-refractivity contribution is -0.154. The molecule has 4 aliphatic rings. The van der Waals surface area contributed by atoms with Crippen LogP contribution in [0.3, 0.4) is 0 Å². The SMILES string of the molecule is CCNCCCCN1CCC(OC2=CC=CC3C(=O)N(C4CCC(=O)N(C)C4=O)CC23)CC1. The molecule has 3 fully saturated rings. The minimum absolute atomic E-state index is 0.0288. The highest BCUT2D eigenvalue weighted by atomic mass is 16.5. The van der Waals surface area contributed by atoms with Gasteiger partial charge in [-0.2, -0.15) is 0 Å². The van der Waals surface area contributed by atoms with Crippen LogP contribution in [0.4, 0.5) is 0 Å². The van der Waals surface area contributed by atoms with Crippen LogP contribution < -0.4 is 5.32 Å². The molecule has 3 amide bonds. The van der Waals surface area contributed by atoms with Gasteiger partial charge in [0, 0.05) is 39.0 Å². The van der Waals surface area contributed by atoms with E-state index in [9.17, 15) is 14.4 Å². The number of piperidine rings is 2. The Labute approximate surface area is 197 Å². The van der Waals surface area contributed by atoms with Crippen molar-refractivity contribution in [3.8, 4) is 0 Å². The van der Waals surface area contributed by atoms with Gasteiger partial charge in [-0.1, -0.05) is 19.1 Å². The molecule has 0 aromatic carbocycles. The molecule has 3 atom stereocenters. The number of fused-ring (bicyclic) bond motifs is 1. The number of amides is 3. The summed E-state index contributed by atoms with van der Waals surface area (Å²) in [5.41, 5.74) is 0. The number of nitrogens with one attached hydrogen (secondary N) is 1. The number of likely N-dealkylation sites (tertiary alicyclic amines) is 3. The molecule has 4 rings (SSSR count). The topological polar surface area (TPSA) is 82.2 Å². The van der Waals surface area contributed by atoms with Crippen molar-refractivity contribution in [2.45, 2.75) is 57.6 Å². The second kappa shape index (κ2) is 10.8. The van der Waals surface area contributed by atoms with Crippen LogP contribution in [-0.2, 0) is 19.1 Å². The number of ether oxygens (including phenoxy) is 1. The molecule has 0 spiro atoms. The lowest BCUT2D eigenvalue weighted by atomic mass is 9.89. The first-order valence-electron chi connectivity index (χ1n) is 12.6. The number of allylic oxidation sites excluding steroid dienone is 2. The van der Waals surface area contributed by atoms with E-state index in [0.717, 1.165) is 51.3 Å². The molecular formula is C25H38N4O4. The van der Waals surface area contributed by atoms with E-state index in [-0.39, 0.29) is 35.7 Å². The van der Waals surface area contributed by atoms with Crippen molar-refractivity contribution in [3.05, 3.63) is 24.0 Å². The molecule has 3 aliphatic heterocycles. The van der Waals surface area contributed by atoms with E-state index in [4.69, 9.17) is 4.74 Å². The fourth-order valence-electron chi connectivity index (χ4n) is 5.46. The Hall–Kier alpha value is -2.19. The highest BCUT2D eigenvalue weighted by molar-refractivity contribution is 6.02. The summed E-state index contributed by atoms with van der Waals surface area (Å²) in [7, 11) is 1.51. The average molecular weight is 459 g/mol. The maximum absolute atomic E-state index is 13.1. The molecule has 0 bridgehead atoms. The second-order valence-corrected chi connectivity index (χ2v) is 9.64. The summed E-state index contributed by atoms with van der Waals surface area (Å²) >= 11 is 0. The van der Waals surface area contributed by atoms with E-state index in [1.165, 1.54) is 24.8 Å². The van der Waals surface area contributed by atoms with Crippen LogP contribution in [-0.4, -0.2) is 90.9 Å². The molecule has 8 heteroatoms. The Morgan fingerprint density at radius 1 is 1.09 bits per heavy atom. The maximum Gasteiger partial charge on any atom is 0.251 e. The van der Waals surface area contributed by atoms with Crippen molar-refractivity contribution in [3.63, 3.8) is 0 Å². The minimum Gasteiger partial charge on any atom is -0.494 e. The molecule has 0 radical (unpaired) electrons. The van der Waals surface area contributed by atoms with Gasteiger partial charge in [0.1, 0.15) is 17.9 Å². The van der Waals surface area contributed by atoms with Gasteiger partial charge >= 0.3 is 0 Å². The van der Waals surface area contributed by atoms with Crippen molar-refractivity contribution >= 4 is 17.7 Å². The first-order valence-corrected chi connectivity index (χ1v) is 12.6. The quantitative estimate of drug-likeness (QED) is 0.417. The monoisotopic (exact) mass is 458 g/mol. The predicted octanol–water partition coefficient (Wildman–Crippen LogP) is 1.53. The van der Waals surface area contributed by atoms with E-state index in [1.807, 2.05) is 18.2 Å². The molecule has 0 aromatic heterocycles. The Morgan fingerprint density at radius 2 is 1.88 bits per heavy atom. The maximum atomic E-state index is 13.1. The van der Waals surface area contributed by atoms with Crippen LogP contribution in [0, 0.1) is 11.8 Å². The van der Waals surface area contributed by atoms with Crippen molar-refractivity contribution in [2.75, 3.05) is 46.3 Å². The van der Waals surface area contributed by atoms with Gasteiger partial charge in [0.2, 0.25) is 11.8 Å². The zero-order valence-corrected chi connectivity index (χ0v) is 20.0. The zero-order valence-electron chi connectivity index (χ0n) is 20.0. The van der Waals surface area contributed by atoms with Gasteiger partial charge in [-0.3, -0.25) is 19.3 Å². The van der Waals surface area contributed by atoms with Crippen molar-refractivity contribution in [2.24, 2.45) is 11.8 Å². The summed E-state index contributed by atoms with van der Waals surface area (Å²) in [5, 5.41) is 3.38. The van der Waals surface area contributed by atoms with Gasteiger partial charge < -0.3 is 19.9 Å². The number of rotatable bonds is 9. The molecule has 3 heterocycles. The highest BCUT2D eigenvalue weighted by Crippen LogP contribution is 2.38. The lowest BCUT2D eigenvalue weighted by Gasteiger charge is -2.35. The van der Waals surface area contributed by atoms with Gasteiger partial charge in [0.25, 0.3) is 5.91 Å². The first kappa shape index (κ1) is 24.0. The Morgan fingerprint density at radius 3 is 2.64 bits per heavy atom. The third-order valence-electron chi connectivity index (χ3n) is 7.50. The third-order valence-corrected chi connectivity index (χ3v) is 7.50. The summed E-state index contributed by atoms with van der Waals surface area (Å²) in [6.07, 6.45) is 11.1. The molecule has 8 nitrogen and oxygen atoms in total. The van der Waals surface area contributed by atoms with Crippen LogP contribution in [0.15, 0.2) is 24.0 Å². The molecule has 0 aromatic rings. The first-order chi connectivity index (χ1) is 16.0. The smallest absolute Gasteiger partial charge is 0.251 e. The number of unbranched alkanes of at least 4 members (excludes halogenated alkanes) is 1. The number of carbonyl (C=O) groups is 3. The van der Waals surface area contributed by atoms with Gasteiger partial charge in [-0.25, -0.2) is 0 Å². The number of imide groups is 1. The Bertz CT molecular complexity index is 802. The van der Waals surface area contributed by atoms with Crippen LogP contribution in [0.5, 0.6) is 0 Å². The summed E-state index contributed by atoms with van der Waals surface area (Å²) in [6.45, 7) is 7.98. The highest BCUT2D eigenvalue weighted by Gasteiger charge is 2.48. The van der Waals surface area contributed by atoms with Crippen LogP contribution in [0.25, 0.3) is 0 Å². The number of nitrogens with zero attached hydrogens (tertiary/aromatic N) is 3. The molecular weight excluding hydrogens is 420 g/mol. The Kier molecular flexibility index (Phi) is 7.86. The third kappa shape index (κ3) is 5.32. The van der Waals surface area contributed by atoms with Gasteiger partial charge in [-0.15, -0.1) is 0 Å². The molecule has 182 valence electrons. The number of hydrogen-bond acceptors (Lipinski definition) is 6. The normalized spacial score (nSPS) is 29.0. The summed E-state index contributed by atoms with van der Waals surface area (Å²) in [4.78, 5) is 43.0. The van der Waals surface area contributed by atoms with Crippen LogP contribution >= 0.6 is 0 Å². The molecule has 1 N–H and O–H groups in total. The van der Waals surface area contributed by atoms with Gasteiger partial charge in [-0.05, 0) is 57.8 Å². The summed E-state index contributed by atoms with van der Waals surface area (Å²) in [5.74, 6) is 0.0635. The average Bonchev–Trinajstić information content (AvgIpc) is 3.16. The standard InChI is InChI=1S/C25H38N4O4/c1-3-26-13-4-5-14-28-15-11-18(12-16-28)33-22-8-6-7-19-20(22)17-29(24(19)31)21-9-10-23(30)27(2)25(21)32/h6-8,18-21,26H,3-5,9-17H2,1-2H3. The van der Waals surface area contributed by atoms with Crippen LogP contribution in [0.1, 0.15) is 45.4 Å². The minimum atomic E-state index is -0.545. The molecule has 33 heavy (non-hydrogen) atoms. The molecule has 3 saturated heterocycles. The van der Waals surface area contributed by atoms with E-state index in [1.54, 1.807) is 4.90 Å². The van der Waals surface area contributed by atoms with Crippen LogP contribution in [0.2, 0.25) is 0 Å². The molecule has 0 saturated carbocycles. The number of hydrogen-bond donors (Lipinski definition) is 1. The zero-order chi connectivity index (χ0) is 23.4. The summed E-state index contributed by atoms with van der Waals surface area (Å²) in [6, 6.07) is -0.545. The summed E-state index contributed by atoms with van der Waals surface area (Å²) < 4.78 is 6.45. The van der Waals surface area contributed by atoms with E-state index in [0.29, 0.717) is 19.4 Å². The Balaban J connectivity index is 1.29. The fourth-order valence-corrected chi connectivity index (χ4v) is 5.46. The van der Waals surface area contributed by atoms with E-state index < -0.39 is 6.04 Å². The number of likely N-dealkylation sites (N-methyl/N-ethyl adjacent to an activating group) is 1. The fraction of sp³-hybridized carbons (Fsp3) is 0.720. The van der Waals surface area contributed by atoms with E-state index >= 15 is 0 Å².